The first-order chi connectivity index (χ1) is 3.60. The van der Waals surface area contributed by atoms with Crippen LogP contribution in [0, 0.1) is 0 Å². The first-order valence-corrected chi connectivity index (χ1v) is 6.69. The van der Waals surface area contributed by atoms with Crippen LogP contribution < -0.4 is 21.2 Å². The molecule has 0 aromatic heterocycles. The molecule has 0 amide bonds. The summed E-state index contributed by atoms with van der Waals surface area (Å²) in [7, 11) is 0. The Morgan fingerprint density at radius 1 is 1.62 bits per heavy atom. The second kappa shape index (κ2) is 2.60. The second-order valence-corrected chi connectivity index (χ2v) is 9.13. The van der Waals surface area contributed by atoms with E-state index in [0.717, 1.165) is 7.35 Å². The number of alkyl halides is 3. The van der Waals surface area contributed by atoms with Crippen LogP contribution in [-0.4, -0.2) is 11.8 Å². The molecule has 0 aromatic rings. The van der Waals surface area contributed by atoms with Crippen molar-refractivity contribution in [3.63, 3.8) is 0 Å². The van der Waals surface area contributed by atoms with Crippen LogP contribution in [0.2, 0.25) is 0 Å². The summed E-state index contributed by atoms with van der Waals surface area (Å²) in [6.07, 6.45) is 1.47. The summed E-state index contributed by atoms with van der Waals surface area (Å²) < 4.78 is 3.33. The Hall–Kier alpha value is 1.46. The fraction of sp³-hybridized carbons (Fsp3) is 1.00. The van der Waals surface area contributed by atoms with Crippen molar-refractivity contribution >= 4 is 22.6 Å². The van der Waals surface area contributed by atoms with E-state index < -0.39 is 0 Å². The molecule has 1 fully saturated rings. The zero-order valence-corrected chi connectivity index (χ0v) is 9.56. The molecule has 1 aliphatic rings. The van der Waals surface area contributed by atoms with E-state index in [1.165, 1.54) is 6.42 Å². The summed E-state index contributed by atoms with van der Waals surface area (Å²) >= 11 is 3.13. The molecule has 0 nitrogen and oxygen atoms in total. The third kappa shape index (κ3) is 2.01. The fourth-order valence-corrected chi connectivity index (χ4v) is 6.81. The van der Waals surface area contributed by atoms with Gasteiger partial charge in [0.1, 0.15) is 0 Å². The molecule has 1 heterocycles. The van der Waals surface area contributed by atoms with E-state index in [1.807, 2.05) is 0 Å². The summed E-state index contributed by atoms with van der Waals surface area (Å²) in [5.74, 6) is 0. The Morgan fingerprint density at radius 3 is 2.38 bits per heavy atom. The summed E-state index contributed by atoms with van der Waals surface area (Å²) in [5, 5.41) is 0. The number of halogens is 2. The molecular weight excluding hydrogens is 326 g/mol. The predicted molar refractivity (Wildman–Crippen MR) is 41.4 cm³/mol. The maximum absolute atomic E-state index is 2.58. The van der Waals surface area contributed by atoms with Crippen LogP contribution in [0.3, 0.4) is 0 Å². The van der Waals surface area contributed by atoms with Crippen LogP contribution >= 0.6 is 22.6 Å². The zero-order chi connectivity index (χ0) is 6.20. The van der Waals surface area contributed by atoms with Crippen molar-refractivity contribution in [2.45, 2.75) is 27.6 Å². The van der Waals surface area contributed by atoms with Gasteiger partial charge in [-0.3, -0.25) is 0 Å². The predicted octanol–water partition coefficient (Wildman–Crippen LogP) is -0.939. The average Bonchev–Trinajstić information content (AvgIpc) is 1.82. The number of hydrogen-bond acceptors (Lipinski definition) is 0. The minimum atomic E-state index is 0.548. The van der Waals surface area contributed by atoms with Crippen LogP contribution in [0.15, 0.2) is 0 Å². The van der Waals surface area contributed by atoms with E-state index in [2.05, 4.69) is 36.4 Å². The summed E-state index contributed by atoms with van der Waals surface area (Å²) in [6.45, 7) is 4.83. The molecule has 50 valence electrons. The molecule has 1 atom stereocenters. The molecule has 0 aliphatic carbocycles. The Labute approximate surface area is 75.2 Å². The monoisotopic (exact) mass is 337 g/mol. The minimum absolute atomic E-state index is 0.548. The van der Waals surface area contributed by atoms with E-state index in [-0.39, 0.29) is 0 Å². The van der Waals surface area contributed by atoms with Gasteiger partial charge in [0.15, 0.2) is 0 Å². The Balaban J connectivity index is 2.44. The van der Waals surface area contributed by atoms with Crippen molar-refractivity contribution in [3.8, 4) is 0 Å². The van der Waals surface area contributed by atoms with E-state index in [1.54, 1.807) is 4.43 Å². The van der Waals surface area contributed by atoms with E-state index in [0.29, 0.717) is 21.2 Å². The molecule has 2 heteroatoms. The van der Waals surface area contributed by atoms with Gasteiger partial charge in [0, 0.05) is 0 Å². The van der Waals surface area contributed by atoms with Crippen molar-refractivity contribution < 1.29 is 21.2 Å². The van der Waals surface area contributed by atoms with Gasteiger partial charge in [-0.05, 0) is 0 Å². The third-order valence-electron chi connectivity index (χ3n) is 1.31. The molecule has 8 heavy (non-hydrogen) atoms. The summed E-state index contributed by atoms with van der Waals surface area (Å²) in [6, 6.07) is 0. The van der Waals surface area contributed by atoms with Gasteiger partial charge in [-0.2, -0.15) is 0 Å². The fourth-order valence-electron chi connectivity index (χ4n) is 0.928. The summed E-state index contributed by atoms with van der Waals surface area (Å²) in [4.78, 5) is 0. The van der Waals surface area contributed by atoms with Crippen molar-refractivity contribution in [1.29, 1.82) is 0 Å². The molecule has 1 rings (SSSR count). The molecule has 1 unspecified atom stereocenters. The van der Waals surface area contributed by atoms with Gasteiger partial charge in [0.25, 0.3) is 0 Å². The third-order valence-corrected chi connectivity index (χ3v) is 7.89. The average molecular weight is 337 g/mol. The van der Waals surface area contributed by atoms with Gasteiger partial charge in [-0.15, -0.1) is 0 Å². The second-order valence-electron chi connectivity index (χ2n) is 2.81. The SMILES string of the molecule is CC1(C)CC(I)C[I-]1. The molecular formula is C6H11I2-. The van der Waals surface area contributed by atoms with Crippen LogP contribution in [0.25, 0.3) is 0 Å². The molecule has 0 N–H and O–H groups in total. The van der Waals surface area contributed by atoms with E-state index in [4.69, 9.17) is 0 Å². The quantitative estimate of drug-likeness (QED) is 0.396. The van der Waals surface area contributed by atoms with Gasteiger partial charge in [-0.1, -0.05) is 0 Å². The topological polar surface area (TPSA) is 0 Å². The first-order valence-electron chi connectivity index (χ1n) is 2.84. The zero-order valence-electron chi connectivity index (χ0n) is 5.25. The molecule has 0 spiro atoms. The van der Waals surface area contributed by atoms with E-state index in [9.17, 15) is 0 Å². The van der Waals surface area contributed by atoms with Gasteiger partial charge < -0.3 is 0 Å². The van der Waals surface area contributed by atoms with Crippen LogP contribution in [0.4, 0.5) is 0 Å². The van der Waals surface area contributed by atoms with Gasteiger partial charge >= 0.3 is 75.8 Å². The number of rotatable bonds is 0. The molecule has 1 saturated heterocycles. The Kier molecular flexibility index (Phi) is 2.46. The normalized spacial score (nSPS) is 36.6. The maximum atomic E-state index is 2.58. The Bertz CT molecular complexity index is 88.5. The molecule has 1 aliphatic heterocycles. The van der Waals surface area contributed by atoms with Crippen LogP contribution in [0.5, 0.6) is 0 Å². The Morgan fingerprint density at radius 2 is 2.25 bits per heavy atom. The van der Waals surface area contributed by atoms with Crippen LogP contribution in [0.1, 0.15) is 20.3 Å². The van der Waals surface area contributed by atoms with Crippen LogP contribution in [-0.2, 0) is 0 Å². The molecule has 0 saturated carbocycles. The number of hydrogen-bond donors (Lipinski definition) is 0. The molecule has 0 radical (unpaired) electrons. The first kappa shape index (κ1) is 7.57. The van der Waals surface area contributed by atoms with Crippen molar-refractivity contribution in [2.75, 3.05) is 4.43 Å². The van der Waals surface area contributed by atoms with Crippen molar-refractivity contribution in [2.24, 2.45) is 0 Å². The van der Waals surface area contributed by atoms with Gasteiger partial charge in [0.05, 0.1) is 0 Å². The molecule has 0 bridgehead atoms. The van der Waals surface area contributed by atoms with Gasteiger partial charge in [0.2, 0.25) is 0 Å². The summed E-state index contributed by atoms with van der Waals surface area (Å²) in [5.41, 5.74) is 0. The van der Waals surface area contributed by atoms with Crippen molar-refractivity contribution in [1.82, 2.24) is 0 Å². The van der Waals surface area contributed by atoms with Crippen molar-refractivity contribution in [3.05, 3.63) is 0 Å². The van der Waals surface area contributed by atoms with E-state index >= 15 is 0 Å². The standard InChI is InChI=1S/C6H11I2/c1-6(2)3-5(7)4-8-6/h5H,3-4H2,1-2H3/q-1. The van der Waals surface area contributed by atoms with Gasteiger partial charge in [-0.25, -0.2) is 0 Å². The molecule has 0 aromatic carbocycles.